The van der Waals surface area contributed by atoms with E-state index in [4.69, 9.17) is 18.5 Å². The van der Waals surface area contributed by atoms with Gasteiger partial charge in [-0.1, -0.05) is 5.10 Å². The van der Waals surface area contributed by atoms with Crippen molar-refractivity contribution >= 4 is 12.6 Å². The molecule has 0 spiro atoms. The van der Waals surface area contributed by atoms with Crippen molar-refractivity contribution in [3.8, 4) is 0 Å². The summed E-state index contributed by atoms with van der Waals surface area (Å²) in [6.07, 6.45) is 0. The van der Waals surface area contributed by atoms with Crippen molar-refractivity contribution in [1.82, 2.24) is 9.77 Å². The Morgan fingerprint density at radius 2 is 2.33 bits per heavy atom. The van der Waals surface area contributed by atoms with Gasteiger partial charge in [0.05, 0.1) is 0 Å². The molecule has 1 aromatic heterocycles. The molecule has 0 bridgehead atoms. The summed E-state index contributed by atoms with van der Waals surface area (Å²) in [4.78, 5) is 0. The van der Waals surface area contributed by atoms with E-state index in [9.17, 15) is 0 Å². The third-order valence-corrected chi connectivity index (χ3v) is 1.54. The number of nitrogen functional groups attached to an aromatic ring is 1. The topological polar surface area (TPSA) is 47.7 Å². The smallest absolute Gasteiger partial charge is 0.296 e. The highest BCUT2D eigenvalue weighted by Crippen LogP contribution is 1.87. The van der Waals surface area contributed by atoms with Crippen molar-refractivity contribution in [3.63, 3.8) is 0 Å². The molecular weight excluding hydrogens is 136 g/mol. The Balaban J connectivity index is 3.29. The van der Waals surface area contributed by atoms with Crippen LogP contribution in [0.4, 0.5) is 0 Å². The molecule has 0 saturated carbocycles. The van der Waals surface area contributed by atoms with Crippen LogP contribution in [0.2, 0.25) is 0 Å². The molecule has 9 heavy (non-hydrogen) atoms. The lowest BCUT2D eigenvalue weighted by Crippen LogP contribution is -2.34. The van der Waals surface area contributed by atoms with E-state index in [0.717, 1.165) is 5.82 Å². The predicted octanol–water partition coefficient (Wildman–Crippen LogP) is -1.36. The first kappa shape index (κ1) is 6.28. The summed E-state index contributed by atoms with van der Waals surface area (Å²) in [5, 5.41) is 4.29. The van der Waals surface area contributed by atoms with Crippen molar-refractivity contribution in [2.45, 2.75) is 12.1 Å². The van der Waals surface area contributed by atoms with Crippen LogP contribution in [0, 0.1) is 6.92 Å². The van der Waals surface area contributed by atoms with Crippen LogP contribution < -0.4 is 10.5 Å². The second kappa shape index (κ2) is 1.84. The Hall–Kier alpha value is -0.840. The molecule has 4 nitrogen and oxygen atoms in total. The third-order valence-electron chi connectivity index (χ3n) is 1.26. The molecule has 0 fully saturated rings. The summed E-state index contributed by atoms with van der Waals surface area (Å²) in [7, 11) is 1.80. The standard InChI is InChI=1S/C4H8N4S/c1-3-7(2)6-4(9)8(3)5/h5H2,1-2H3. The molecule has 50 valence electrons. The molecule has 5 heteroatoms. The maximum atomic E-state index is 5.43. The first-order chi connectivity index (χ1) is 4.13. The highest BCUT2D eigenvalue weighted by Gasteiger charge is 2.06. The van der Waals surface area contributed by atoms with Crippen molar-refractivity contribution in [2.75, 3.05) is 5.84 Å². The summed E-state index contributed by atoms with van der Waals surface area (Å²) in [6, 6.07) is 0. The van der Waals surface area contributed by atoms with Crippen LogP contribution in [0.5, 0.6) is 0 Å². The lowest BCUT2D eigenvalue weighted by Gasteiger charge is -1.91. The summed E-state index contributed by atoms with van der Waals surface area (Å²) in [5.74, 6) is 6.28. The second-order valence-corrected chi connectivity index (χ2v) is 2.19. The molecular formula is C4H8N4S. The van der Waals surface area contributed by atoms with E-state index in [2.05, 4.69) is 5.10 Å². The fraction of sp³-hybridized carbons (Fsp3) is 0.500. The number of rotatable bonds is 0. The molecule has 0 unspecified atom stereocenters. The zero-order chi connectivity index (χ0) is 7.02. The first-order valence-electron chi connectivity index (χ1n) is 2.50. The van der Waals surface area contributed by atoms with Gasteiger partial charge in [0.15, 0.2) is 0 Å². The van der Waals surface area contributed by atoms with Crippen molar-refractivity contribution < 1.29 is 4.68 Å². The normalized spacial score (nSPS) is 10.0. The van der Waals surface area contributed by atoms with E-state index < -0.39 is 0 Å². The van der Waals surface area contributed by atoms with Gasteiger partial charge in [-0.15, -0.1) is 9.36 Å². The van der Waals surface area contributed by atoms with Crippen molar-refractivity contribution in [1.29, 1.82) is 0 Å². The number of aromatic nitrogens is 3. The molecule has 2 N–H and O–H groups in total. The Morgan fingerprint density at radius 1 is 1.78 bits per heavy atom. The minimum atomic E-state index is 0.412. The SMILES string of the molecule is Cc1n(N)c([S-])n[n+]1C. The summed E-state index contributed by atoms with van der Waals surface area (Å²) in [6.45, 7) is 1.85. The molecule has 0 aliphatic heterocycles. The van der Waals surface area contributed by atoms with Gasteiger partial charge in [-0.25, -0.2) is 0 Å². The Bertz CT molecular complexity index is 206. The largest absolute Gasteiger partial charge is 0.710 e. The number of nitrogens with zero attached hydrogens (tertiary/aromatic N) is 3. The second-order valence-electron chi connectivity index (χ2n) is 1.82. The average Bonchev–Trinajstić information content (AvgIpc) is 1.98. The molecule has 0 aliphatic rings. The third kappa shape index (κ3) is 0.829. The zero-order valence-corrected chi connectivity index (χ0v) is 6.14. The maximum Gasteiger partial charge on any atom is 0.296 e. The van der Waals surface area contributed by atoms with Gasteiger partial charge in [-0.3, -0.25) is 5.84 Å². The summed E-state index contributed by atoms with van der Waals surface area (Å²) in [5.41, 5.74) is 0. The van der Waals surface area contributed by atoms with E-state index in [1.807, 2.05) is 6.92 Å². The highest BCUT2D eigenvalue weighted by atomic mass is 32.1. The minimum Gasteiger partial charge on any atom is -0.710 e. The highest BCUT2D eigenvalue weighted by molar-refractivity contribution is 7.58. The molecule has 1 aromatic rings. The molecule has 0 aliphatic carbocycles. The van der Waals surface area contributed by atoms with E-state index in [-0.39, 0.29) is 0 Å². The van der Waals surface area contributed by atoms with Crippen LogP contribution in [0.3, 0.4) is 0 Å². The van der Waals surface area contributed by atoms with Crippen LogP contribution in [-0.4, -0.2) is 9.77 Å². The van der Waals surface area contributed by atoms with Gasteiger partial charge in [0.1, 0.15) is 12.2 Å². The fourth-order valence-corrected chi connectivity index (χ4v) is 0.798. The van der Waals surface area contributed by atoms with E-state index in [0.29, 0.717) is 5.16 Å². The molecule has 1 rings (SSSR count). The van der Waals surface area contributed by atoms with Crippen LogP contribution >= 0.6 is 0 Å². The van der Waals surface area contributed by atoms with E-state index >= 15 is 0 Å². The monoisotopic (exact) mass is 144 g/mol. The van der Waals surface area contributed by atoms with E-state index in [1.54, 1.807) is 11.7 Å². The quantitative estimate of drug-likeness (QED) is 0.278. The Morgan fingerprint density at radius 3 is 2.44 bits per heavy atom. The summed E-state index contributed by atoms with van der Waals surface area (Å²) >= 11 is 4.77. The van der Waals surface area contributed by atoms with Crippen LogP contribution in [0.15, 0.2) is 5.16 Å². The molecule has 1 heterocycles. The van der Waals surface area contributed by atoms with Gasteiger partial charge < -0.3 is 12.6 Å². The van der Waals surface area contributed by atoms with Gasteiger partial charge in [-0.05, 0) is 0 Å². The lowest BCUT2D eigenvalue weighted by atomic mass is 10.7. The molecule has 0 aromatic carbocycles. The number of hydrogen-bond acceptors (Lipinski definition) is 3. The van der Waals surface area contributed by atoms with Gasteiger partial charge in [-0.2, -0.15) is 0 Å². The van der Waals surface area contributed by atoms with E-state index in [1.165, 1.54) is 4.68 Å². The number of nitrogens with two attached hydrogens (primary N) is 1. The average molecular weight is 144 g/mol. The Kier molecular flexibility index (Phi) is 1.28. The zero-order valence-electron chi connectivity index (χ0n) is 5.33. The van der Waals surface area contributed by atoms with Gasteiger partial charge in [0.2, 0.25) is 0 Å². The van der Waals surface area contributed by atoms with Crippen LogP contribution in [0.25, 0.3) is 0 Å². The summed E-state index contributed by atoms with van der Waals surface area (Å²) < 4.78 is 3.01. The molecule has 0 atom stereocenters. The first-order valence-corrected chi connectivity index (χ1v) is 2.91. The fourth-order valence-electron chi connectivity index (χ4n) is 0.543. The predicted molar refractivity (Wildman–Crippen MR) is 33.9 cm³/mol. The van der Waals surface area contributed by atoms with Crippen LogP contribution in [-0.2, 0) is 19.7 Å². The lowest BCUT2D eigenvalue weighted by molar-refractivity contribution is -0.736. The number of aryl methyl sites for hydroxylation is 1. The minimum absolute atomic E-state index is 0.412. The van der Waals surface area contributed by atoms with Gasteiger partial charge >= 0.3 is 0 Å². The van der Waals surface area contributed by atoms with Gasteiger partial charge in [0.25, 0.3) is 5.82 Å². The van der Waals surface area contributed by atoms with Crippen molar-refractivity contribution in [2.24, 2.45) is 7.05 Å². The number of hydrogen-bond donors (Lipinski definition) is 1. The van der Waals surface area contributed by atoms with Crippen LogP contribution in [0.1, 0.15) is 5.82 Å². The van der Waals surface area contributed by atoms with Gasteiger partial charge in [0, 0.05) is 6.92 Å². The molecule has 0 amide bonds. The molecule has 0 saturated heterocycles. The molecule has 0 radical (unpaired) electrons. The Labute approximate surface area is 58.7 Å². The van der Waals surface area contributed by atoms with Crippen molar-refractivity contribution in [3.05, 3.63) is 5.82 Å². The maximum absolute atomic E-state index is 5.43.